The van der Waals surface area contributed by atoms with E-state index in [-0.39, 0.29) is 29.8 Å². The largest absolute Gasteiger partial charge is 0.326 e. The molecule has 2 aromatic carbocycles. The molecular formula is C22H22BrN3O5S3. The van der Waals surface area contributed by atoms with Gasteiger partial charge in [0.15, 0.2) is 0 Å². The van der Waals surface area contributed by atoms with Crippen molar-refractivity contribution in [1.29, 1.82) is 0 Å². The Morgan fingerprint density at radius 3 is 2.12 bits per heavy atom. The smallest absolute Gasteiger partial charge is 0.261 e. The van der Waals surface area contributed by atoms with Crippen LogP contribution in [0.1, 0.15) is 12.8 Å². The number of benzene rings is 2. The molecule has 8 nitrogen and oxygen atoms in total. The molecule has 4 rings (SSSR count). The molecule has 3 aromatic rings. The Labute approximate surface area is 211 Å². The number of thiophene rings is 1. The highest BCUT2D eigenvalue weighted by Crippen LogP contribution is 2.27. The van der Waals surface area contributed by atoms with Crippen LogP contribution in [0.15, 0.2) is 79.6 Å². The Balaban J connectivity index is 1.34. The maximum atomic E-state index is 12.7. The Kier molecular flexibility index (Phi) is 7.43. The first-order valence-electron chi connectivity index (χ1n) is 10.4. The topological polar surface area (TPSA) is 113 Å². The standard InChI is InChI=1S/C22H22BrN3O5S3/c23-17-3-5-19(6-4-17)25-33(28,29)20-9-7-18(8-10-20)24-22(27)16-11-13-26(14-12-16)34(30,31)21-2-1-15-32-21/h1-10,15-16,25H,11-14H2,(H,24,27). The maximum Gasteiger partial charge on any atom is 0.261 e. The normalized spacial score (nSPS) is 15.7. The lowest BCUT2D eigenvalue weighted by molar-refractivity contribution is -0.120. The number of rotatable bonds is 7. The van der Waals surface area contributed by atoms with Crippen molar-refractivity contribution >= 4 is 64.6 Å². The van der Waals surface area contributed by atoms with E-state index in [0.717, 1.165) is 4.47 Å². The van der Waals surface area contributed by atoms with E-state index in [2.05, 4.69) is 26.0 Å². The number of hydrogen-bond acceptors (Lipinski definition) is 6. The number of carbonyl (C=O) groups is 1. The van der Waals surface area contributed by atoms with E-state index in [1.54, 1.807) is 41.8 Å². The quantitative estimate of drug-likeness (QED) is 0.429. The highest BCUT2D eigenvalue weighted by Gasteiger charge is 2.32. The summed E-state index contributed by atoms with van der Waals surface area (Å²) < 4.78 is 55.6. The summed E-state index contributed by atoms with van der Waals surface area (Å²) in [5, 5.41) is 4.52. The number of sulfonamides is 2. The van der Waals surface area contributed by atoms with E-state index in [1.165, 1.54) is 39.9 Å². The fourth-order valence-corrected chi connectivity index (χ4v) is 7.53. The number of amides is 1. The van der Waals surface area contributed by atoms with Gasteiger partial charge >= 0.3 is 0 Å². The number of anilines is 2. The lowest BCUT2D eigenvalue weighted by Crippen LogP contribution is -2.41. The van der Waals surface area contributed by atoms with Gasteiger partial charge in [-0.05, 0) is 72.8 Å². The van der Waals surface area contributed by atoms with E-state index < -0.39 is 20.0 Å². The lowest BCUT2D eigenvalue weighted by atomic mass is 9.97. The van der Waals surface area contributed by atoms with Crippen molar-refractivity contribution in [3.05, 3.63) is 70.5 Å². The molecule has 1 aliphatic rings. The highest BCUT2D eigenvalue weighted by atomic mass is 79.9. The van der Waals surface area contributed by atoms with Crippen molar-refractivity contribution in [2.24, 2.45) is 5.92 Å². The first-order valence-corrected chi connectivity index (χ1v) is 15.0. The summed E-state index contributed by atoms with van der Waals surface area (Å²) in [5.74, 6) is -0.533. The monoisotopic (exact) mass is 583 g/mol. The molecule has 2 heterocycles. The molecule has 0 radical (unpaired) electrons. The van der Waals surface area contributed by atoms with Gasteiger partial charge in [-0.2, -0.15) is 4.31 Å². The summed E-state index contributed by atoms with van der Waals surface area (Å²) in [6.07, 6.45) is 0.833. The van der Waals surface area contributed by atoms with Crippen molar-refractivity contribution in [3.63, 3.8) is 0 Å². The highest BCUT2D eigenvalue weighted by molar-refractivity contribution is 9.10. The van der Waals surface area contributed by atoms with Crippen molar-refractivity contribution in [2.75, 3.05) is 23.1 Å². The number of nitrogens with one attached hydrogen (secondary N) is 2. The number of piperidine rings is 1. The number of nitrogens with zero attached hydrogens (tertiary/aromatic N) is 1. The Morgan fingerprint density at radius 2 is 1.53 bits per heavy atom. The minimum absolute atomic E-state index is 0.0699. The van der Waals surface area contributed by atoms with Crippen molar-refractivity contribution in [2.45, 2.75) is 21.9 Å². The average Bonchev–Trinajstić information content (AvgIpc) is 3.37. The second-order valence-electron chi connectivity index (χ2n) is 7.74. The number of halogens is 1. The van der Waals surface area contributed by atoms with Crippen LogP contribution in [0.4, 0.5) is 11.4 Å². The van der Waals surface area contributed by atoms with Gasteiger partial charge in [-0.3, -0.25) is 9.52 Å². The molecule has 1 saturated heterocycles. The second-order valence-corrected chi connectivity index (χ2v) is 13.4. The van der Waals surface area contributed by atoms with Gasteiger partial charge < -0.3 is 5.32 Å². The van der Waals surface area contributed by atoms with E-state index >= 15 is 0 Å². The van der Waals surface area contributed by atoms with E-state index in [0.29, 0.717) is 28.4 Å². The van der Waals surface area contributed by atoms with E-state index in [9.17, 15) is 21.6 Å². The zero-order valence-electron chi connectivity index (χ0n) is 17.8. The zero-order valence-corrected chi connectivity index (χ0v) is 21.9. The van der Waals surface area contributed by atoms with Crippen molar-refractivity contribution in [3.8, 4) is 0 Å². The van der Waals surface area contributed by atoms with E-state index in [1.807, 2.05) is 0 Å². The van der Waals surface area contributed by atoms with Gasteiger partial charge in [0, 0.05) is 34.9 Å². The summed E-state index contributed by atoms with van der Waals surface area (Å²) in [4.78, 5) is 12.8. The first kappa shape index (κ1) is 24.9. The average molecular weight is 585 g/mol. The molecule has 1 aliphatic heterocycles. The molecular weight excluding hydrogens is 562 g/mol. The molecule has 0 atom stereocenters. The van der Waals surface area contributed by atoms with Crippen molar-refractivity contribution in [1.82, 2.24) is 4.31 Å². The first-order chi connectivity index (χ1) is 16.1. The minimum Gasteiger partial charge on any atom is -0.326 e. The van der Waals surface area contributed by atoms with Crippen LogP contribution >= 0.6 is 27.3 Å². The van der Waals surface area contributed by atoms with Gasteiger partial charge in [0.25, 0.3) is 20.0 Å². The van der Waals surface area contributed by atoms with Gasteiger partial charge in [-0.1, -0.05) is 22.0 Å². The van der Waals surface area contributed by atoms with Crippen LogP contribution in [0.25, 0.3) is 0 Å². The summed E-state index contributed by atoms with van der Waals surface area (Å²) in [6.45, 7) is 0.550. The Bertz CT molecular complexity index is 1350. The molecule has 1 aromatic heterocycles. The van der Waals surface area contributed by atoms with Gasteiger partial charge in [0.1, 0.15) is 4.21 Å². The zero-order chi connectivity index (χ0) is 24.3. The van der Waals surface area contributed by atoms with Crippen LogP contribution in [-0.4, -0.2) is 40.1 Å². The van der Waals surface area contributed by atoms with Gasteiger partial charge in [0.05, 0.1) is 4.90 Å². The minimum atomic E-state index is -3.77. The van der Waals surface area contributed by atoms with Crippen LogP contribution in [0.5, 0.6) is 0 Å². The molecule has 1 amide bonds. The lowest BCUT2D eigenvalue weighted by Gasteiger charge is -2.30. The third-order valence-corrected chi connectivity index (χ3v) is 10.6. The maximum absolute atomic E-state index is 12.7. The van der Waals surface area contributed by atoms with Crippen LogP contribution in [0.2, 0.25) is 0 Å². The van der Waals surface area contributed by atoms with Crippen LogP contribution < -0.4 is 10.0 Å². The third kappa shape index (κ3) is 5.69. The summed E-state index contributed by atoms with van der Waals surface area (Å²) in [6, 6.07) is 16.0. The molecule has 180 valence electrons. The predicted molar refractivity (Wildman–Crippen MR) is 136 cm³/mol. The fraction of sp³-hybridized carbons (Fsp3) is 0.227. The van der Waals surface area contributed by atoms with Crippen LogP contribution in [-0.2, 0) is 24.8 Å². The SMILES string of the molecule is O=C(Nc1ccc(S(=O)(=O)Nc2ccc(Br)cc2)cc1)C1CCN(S(=O)(=O)c2cccs2)CC1. The van der Waals surface area contributed by atoms with E-state index in [4.69, 9.17) is 0 Å². The summed E-state index contributed by atoms with van der Waals surface area (Å²) >= 11 is 4.48. The third-order valence-electron chi connectivity index (χ3n) is 5.44. The van der Waals surface area contributed by atoms with Crippen LogP contribution in [0, 0.1) is 5.92 Å². The van der Waals surface area contributed by atoms with Gasteiger partial charge in [-0.15, -0.1) is 11.3 Å². The summed E-state index contributed by atoms with van der Waals surface area (Å²) in [7, 11) is -7.29. The number of carbonyl (C=O) groups excluding carboxylic acids is 1. The predicted octanol–water partition coefficient (Wildman–Crippen LogP) is 4.35. The molecule has 1 fully saturated rings. The summed E-state index contributed by atoms with van der Waals surface area (Å²) in [5.41, 5.74) is 0.911. The van der Waals surface area contributed by atoms with Crippen molar-refractivity contribution < 1.29 is 21.6 Å². The Morgan fingerprint density at radius 1 is 0.912 bits per heavy atom. The molecule has 2 N–H and O–H groups in total. The molecule has 0 unspecified atom stereocenters. The Hall–Kier alpha value is -2.25. The van der Waals surface area contributed by atoms with Gasteiger partial charge in [-0.25, -0.2) is 16.8 Å². The fourth-order valence-electron chi connectivity index (χ4n) is 3.59. The molecule has 0 spiro atoms. The second kappa shape index (κ2) is 10.2. The van der Waals surface area contributed by atoms with Gasteiger partial charge in [0.2, 0.25) is 5.91 Å². The molecule has 12 heteroatoms. The molecule has 0 aliphatic carbocycles. The van der Waals surface area contributed by atoms with Crippen LogP contribution in [0.3, 0.4) is 0 Å². The molecule has 34 heavy (non-hydrogen) atoms. The molecule has 0 bridgehead atoms. The molecule has 0 saturated carbocycles. The number of hydrogen-bond donors (Lipinski definition) is 2.